The van der Waals surface area contributed by atoms with Crippen molar-refractivity contribution in [3.05, 3.63) is 29.8 Å². The first kappa shape index (κ1) is 12.0. The molecule has 0 saturated heterocycles. The molecule has 0 bridgehead atoms. The van der Waals surface area contributed by atoms with Crippen LogP contribution < -0.4 is 4.90 Å². The Balaban J connectivity index is 0.00000144. The fraction of sp³-hybridized carbons (Fsp3) is 0.500. The van der Waals surface area contributed by atoms with Gasteiger partial charge in [0.1, 0.15) is 0 Å². The molecule has 74 valence electrons. The number of nitrogens with zero attached hydrogens (tertiary/aromatic N) is 1. The van der Waals surface area contributed by atoms with Crippen LogP contribution in [0.1, 0.15) is 26.8 Å². The molecule has 0 radical (unpaired) electrons. The number of rotatable bonds is 3. The fourth-order valence-corrected chi connectivity index (χ4v) is 1.35. The van der Waals surface area contributed by atoms with Crippen LogP contribution >= 0.6 is 0 Å². The van der Waals surface area contributed by atoms with E-state index in [4.69, 9.17) is 0 Å². The molecule has 0 saturated carbocycles. The van der Waals surface area contributed by atoms with Gasteiger partial charge in [-0.2, -0.15) is 0 Å². The molecule has 13 heavy (non-hydrogen) atoms. The van der Waals surface area contributed by atoms with Crippen LogP contribution in [0.2, 0.25) is 0 Å². The maximum absolute atomic E-state index is 2.28. The second-order valence-electron chi connectivity index (χ2n) is 3.00. The van der Waals surface area contributed by atoms with Crippen molar-refractivity contribution in [2.75, 3.05) is 18.5 Å². The van der Waals surface area contributed by atoms with Gasteiger partial charge in [-0.25, -0.2) is 0 Å². The van der Waals surface area contributed by atoms with Crippen molar-refractivity contribution in [2.45, 2.75) is 27.7 Å². The van der Waals surface area contributed by atoms with E-state index in [1.54, 1.807) is 0 Å². The second kappa shape index (κ2) is 5.63. The van der Waals surface area contributed by atoms with E-state index in [0.29, 0.717) is 0 Å². The Morgan fingerprint density at radius 1 is 1.15 bits per heavy atom. The van der Waals surface area contributed by atoms with E-state index in [1.807, 2.05) is 0 Å². The Labute approximate surface area is 82.4 Å². The topological polar surface area (TPSA) is 3.24 Å². The quantitative estimate of drug-likeness (QED) is 0.688. The summed E-state index contributed by atoms with van der Waals surface area (Å²) in [7, 11) is 2.13. The van der Waals surface area contributed by atoms with Crippen molar-refractivity contribution in [2.24, 2.45) is 0 Å². The van der Waals surface area contributed by atoms with E-state index < -0.39 is 0 Å². The van der Waals surface area contributed by atoms with Crippen LogP contribution in [0.15, 0.2) is 24.3 Å². The molecule has 0 aromatic heterocycles. The van der Waals surface area contributed by atoms with Gasteiger partial charge in [0.2, 0.25) is 0 Å². The molecule has 0 N–H and O–H groups in total. The molecule has 0 fully saturated rings. The minimum absolute atomic E-state index is 0. The van der Waals surface area contributed by atoms with Crippen molar-refractivity contribution in [1.82, 2.24) is 0 Å². The normalized spacial score (nSPS) is 9.15. The summed E-state index contributed by atoms with van der Waals surface area (Å²) in [5, 5.41) is 0. The Morgan fingerprint density at radius 3 is 2.31 bits per heavy atom. The van der Waals surface area contributed by atoms with E-state index in [0.717, 1.165) is 13.0 Å². The first-order valence-corrected chi connectivity index (χ1v) is 4.58. The summed E-state index contributed by atoms with van der Waals surface area (Å²) in [4.78, 5) is 2.28. The third kappa shape index (κ3) is 2.76. The Morgan fingerprint density at radius 2 is 1.77 bits per heavy atom. The van der Waals surface area contributed by atoms with E-state index in [-0.39, 0.29) is 7.43 Å². The SMILES string of the molecule is C.CCc1ccccc1N(C)CC. The van der Waals surface area contributed by atoms with Crippen LogP contribution in [0.3, 0.4) is 0 Å². The lowest BCUT2D eigenvalue weighted by Crippen LogP contribution is -2.17. The predicted molar refractivity (Wildman–Crippen MR) is 61.5 cm³/mol. The standard InChI is InChI=1S/C11H17N.CH4/c1-4-10-8-6-7-9-11(10)12(3)5-2;/h6-9H,4-5H2,1-3H3;1H4. The van der Waals surface area contributed by atoms with Gasteiger partial charge in [0.25, 0.3) is 0 Å². The third-order valence-corrected chi connectivity index (χ3v) is 2.26. The molecule has 0 spiro atoms. The number of hydrogen-bond acceptors (Lipinski definition) is 1. The van der Waals surface area contributed by atoms with E-state index in [9.17, 15) is 0 Å². The number of benzene rings is 1. The van der Waals surface area contributed by atoms with Crippen LogP contribution in [0.4, 0.5) is 5.69 Å². The highest BCUT2D eigenvalue weighted by atomic mass is 15.1. The summed E-state index contributed by atoms with van der Waals surface area (Å²) in [6.45, 7) is 5.44. The van der Waals surface area contributed by atoms with Crippen LogP contribution in [0.25, 0.3) is 0 Å². The van der Waals surface area contributed by atoms with Crippen LogP contribution in [0, 0.1) is 0 Å². The van der Waals surface area contributed by atoms with Gasteiger partial charge in [-0.1, -0.05) is 32.5 Å². The van der Waals surface area contributed by atoms with Gasteiger partial charge in [-0.15, -0.1) is 0 Å². The lowest BCUT2D eigenvalue weighted by atomic mass is 10.1. The molecule has 0 heterocycles. The van der Waals surface area contributed by atoms with Crippen LogP contribution in [0.5, 0.6) is 0 Å². The summed E-state index contributed by atoms with van der Waals surface area (Å²) in [5.74, 6) is 0. The van der Waals surface area contributed by atoms with Crippen molar-refractivity contribution >= 4 is 5.69 Å². The van der Waals surface area contributed by atoms with Gasteiger partial charge in [0.05, 0.1) is 0 Å². The smallest absolute Gasteiger partial charge is 0.0395 e. The zero-order valence-electron chi connectivity index (χ0n) is 8.17. The van der Waals surface area contributed by atoms with Gasteiger partial charge >= 0.3 is 0 Å². The molecule has 1 rings (SSSR count). The molecule has 0 atom stereocenters. The molecule has 0 aliphatic rings. The number of para-hydroxylation sites is 1. The predicted octanol–water partition coefficient (Wildman–Crippen LogP) is 3.34. The maximum Gasteiger partial charge on any atom is 0.0395 e. The number of anilines is 1. The molecule has 0 aliphatic heterocycles. The lowest BCUT2D eigenvalue weighted by Gasteiger charge is -2.19. The Bertz CT molecular complexity index is 243. The maximum atomic E-state index is 2.28. The largest absolute Gasteiger partial charge is 0.375 e. The zero-order chi connectivity index (χ0) is 8.97. The summed E-state index contributed by atoms with van der Waals surface area (Å²) in [6, 6.07) is 8.58. The van der Waals surface area contributed by atoms with Crippen LogP contribution in [-0.2, 0) is 6.42 Å². The zero-order valence-corrected chi connectivity index (χ0v) is 8.17. The number of aryl methyl sites for hydroxylation is 1. The summed E-state index contributed by atoms with van der Waals surface area (Å²) in [6.07, 6.45) is 1.11. The summed E-state index contributed by atoms with van der Waals surface area (Å²) < 4.78 is 0. The molecular weight excluding hydrogens is 158 g/mol. The number of hydrogen-bond donors (Lipinski definition) is 0. The van der Waals surface area contributed by atoms with Gasteiger partial charge in [0, 0.05) is 19.3 Å². The Kier molecular flexibility index (Phi) is 5.20. The van der Waals surface area contributed by atoms with E-state index in [1.165, 1.54) is 11.3 Å². The van der Waals surface area contributed by atoms with E-state index >= 15 is 0 Å². The van der Waals surface area contributed by atoms with Gasteiger partial charge in [-0.3, -0.25) is 0 Å². The summed E-state index contributed by atoms with van der Waals surface area (Å²) >= 11 is 0. The van der Waals surface area contributed by atoms with Crippen molar-refractivity contribution in [1.29, 1.82) is 0 Å². The van der Waals surface area contributed by atoms with Crippen molar-refractivity contribution < 1.29 is 0 Å². The minimum Gasteiger partial charge on any atom is -0.375 e. The van der Waals surface area contributed by atoms with Crippen LogP contribution in [-0.4, -0.2) is 13.6 Å². The first-order chi connectivity index (χ1) is 5.79. The van der Waals surface area contributed by atoms with Gasteiger partial charge in [0.15, 0.2) is 0 Å². The highest BCUT2D eigenvalue weighted by molar-refractivity contribution is 5.52. The van der Waals surface area contributed by atoms with Crippen molar-refractivity contribution in [3.8, 4) is 0 Å². The highest BCUT2D eigenvalue weighted by Gasteiger charge is 2.01. The molecular formula is C12H21N. The minimum atomic E-state index is 0. The molecule has 1 aromatic carbocycles. The molecule has 0 amide bonds. The fourth-order valence-electron chi connectivity index (χ4n) is 1.35. The average Bonchev–Trinajstić information content (AvgIpc) is 2.16. The molecule has 0 aliphatic carbocycles. The van der Waals surface area contributed by atoms with Crippen molar-refractivity contribution in [3.63, 3.8) is 0 Å². The van der Waals surface area contributed by atoms with Gasteiger partial charge in [-0.05, 0) is 25.0 Å². The first-order valence-electron chi connectivity index (χ1n) is 4.58. The molecule has 1 aromatic rings. The highest BCUT2D eigenvalue weighted by Crippen LogP contribution is 2.18. The lowest BCUT2D eigenvalue weighted by molar-refractivity contribution is 0.948. The summed E-state index contributed by atoms with van der Waals surface area (Å²) in [5.41, 5.74) is 2.80. The average molecular weight is 179 g/mol. The molecule has 1 nitrogen and oxygen atoms in total. The van der Waals surface area contributed by atoms with Gasteiger partial charge < -0.3 is 4.90 Å². The Hall–Kier alpha value is -0.980. The third-order valence-electron chi connectivity index (χ3n) is 2.26. The monoisotopic (exact) mass is 179 g/mol. The van der Waals surface area contributed by atoms with E-state index in [2.05, 4.69) is 50.1 Å². The molecule has 1 heteroatoms. The molecule has 0 unspecified atom stereocenters. The second-order valence-corrected chi connectivity index (χ2v) is 3.00.